The average molecular weight is 223 g/mol. The van der Waals surface area contributed by atoms with E-state index in [0.29, 0.717) is 12.1 Å². The van der Waals surface area contributed by atoms with Crippen molar-refractivity contribution in [1.82, 2.24) is 15.1 Å². The van der Waals surface area contributed by atoms with E-state index < -0.39 is 0 Å². The fourth-order valence-electron chi connectivity index (χ4n) is 2.39. The zero-order valence-electron chi connectivity index (χ0n) is 10.1. The maximum Gasteiger partial charge on any atom is 0.0586 e. The molecule has 4 nitrogen and oxygen atoms in total. The fourth-order valence-corrected chi connectivity index (χ4v) is 2.39. The van der Waals surface area contributed by atoms with Gasteiger partial charge in [-0.05, 0) is 25.3 Å². The molecule has 1 N–H and O–H groups in total. The van der Waals surface area contributed by atoms with Crippen molar-refractivity contribution >= 4 is 0 Å². The molecule has 1 aliphatic carbocycles. The largest absolute Gasteiger partial charge is 0.381 e. The van der Waals surface area contributed by atoms with E-state index in [9.17, 15) is 0 Å². The standard InChI is InChI=1S/C12H21N3O/c1-15-11(6-8-14-15)5-7-13-10-3-4-12(9-10)16-2/h6,8,10,12-13H,3-5,7,9H2,1-2H3. The van der Waals surface area contributed by atoms with Crippen LogP contribution in [0.15, 0.2) is 12.3 Å². The monoisotopic (exact) mass is 223 g/mol. The summed E-state index contributed by atoms with van der Waals surface area (Å²) in [5, 5.41) is 7.75. The summed E-state index contributed by atoms with van der Waals surface area (Å²) in [6.07, 6.45) is 6.96. The Kier molecular flexibility index (Phi) is 3.96. The van der Waals surface area contributed by atoms with Crippen LogP contribution in [0.2, 0.25) is 0 Å². The number of hydrogen-bond donors (Lipinski definition) is 1. The number of aromatic nitrogens is 2. The zero-order valence-corrected chi connectivity index (χ0v) is 10.1. The van der Waals surface area contributed by atoms with Crippen LogP contribution in [-0.4, -0.2) is 35.6 Å². The van der Waals surface area contributed by atoms with E-state index in [1.807, 2.05) is 25.0 Å². The van der Waals surface area contributed by atoms with Crippen molar-refractivity contribution in [2.75, 3.05) is 13.7 Å². The number of rotatable bonds is 5. The van der Waals surface area contributed by atoms with E-state index in [2.05, 4.69) is 16.5 Å². The van der Waals surface area contributed by atoms with E-state index in [-0.39, 0.29) is 0 Å². The van der Waals surface area contributed by atoms with Crippen LogP contribution in [0.25, 0.3) is 0 Å². The highest BCUT2D eigenvalue weighted by Gasteiger charge is 2.23. The van der Waals surface area contributed by atoms with Gasteiger partial charge in [-0.25, -0.2) is 0 Å². The Balaban J connectivity index is 1.67. The highest BCUT2D eigenvalue weighted by atomic mass is 16.5. The highest BCUT2D eigenvalue weighted by molar-refractivity contribution is 5.00. The van der Waals surface area contributed by atoms with Crippen LogP contribution >= 0.6 is 0 Å². The second kappa shape index (κ2) is 5.46. The first-order chi connectivity index (χ1) is 7.79. The van der Waals surface area contributed by atoms with Crippen LogP contribution in [-0.2, 0) is 18.2 Å². The summed E-state index contributed by atoms with van der Waals surface area (Å²) in [4.78, 5) is 0. The highest BCUT2D eigenvalue weighted by Crippen LogP contribution is 2.21. The van der Waals surface area contributed by atoms with Crippen LogP contribution in [0.1, 0.15) is 25.0 Å². The Morgan fingerprint density at radius 1 is 1.56 bits per heavy atom. The lowest BCUT2D eigenvalue weighted by Crippen LogP contribution is -2.29. The molecule has 0 aromatic carbocycles. The Bertz CT molecular complexity index is 324. The Labute approximate surface area is 97.0 Å². The Morgan fingerprint density at radius 3 is 3.06 bits per heavy atom. The molecule has 1 aromatic rings. The van der Waals surface area contributed by atoms with Crippen molar-refractivity contribution in [2.24, 2.45) is 7.05 Å². The zero-order chi connectivity index (χ0) is 11.4. The van der Waals surface area contributed by atoms with Gasteiger partial charge in [0.1, 0.15) is 0 Å². The molecule has 0 bridgehead atoms. The average Bonchev–Trinajstić information content (AvgIpc) is 2.89. The number of aryl methyl sites for hydroxylation is 1. The summed E-state index contributed by atoms with van der Waals surface area (Å²) >= 11 is 0. The van der Waals surface area contributed by atoms with Crippen molar-refractivity contribution < 1.29 is 4.74 Å². The van der Waals surface area contributed by atoms with Gasteiger partial charge < -0.3 is 10.1 Å². The van der Waals surface area contributed by atoms with Crippen molar-refractivity contribution in [3.63, 3.8) is 0 Å². The van der Waals surface area contributed by atoms with Gasteiger partial charge in [-0.2, -0.15) is 5.10 Å². The summed E-state index contributed by atoms with van der Waals surface area (Å²) in [6, 6.07) is 2.71. The predicted octanol–water partition coefficient (Wildman–Crippen LogP) is 1.12. The molecule has 0 saturated heterocycles. The second-order valence-electron chi connectivity index (χ2n) is 4.52. The van der Waals surface area contributed by atoms with Gasteiger partial charge in [0.05, 0.1) is 6.10 Å². The third-order valence-electron chi connectivity index (χ3n) is 3.45. The van der Waals surface area contributed by atoms with Gasteiger partial charge in [-0.3, -0.25) is 4.68 Å². The van der Waals surface area contributed by atoms with Gasteiger partial charge in [0.15, 0.2) is 0 Å². The lowest BCUT2D eigenvalue weighted by molar-refractivity contribution is 0.107. The summed E-state index contributed by atoms with van der Waals surface area (Å²) < 4.78 is 7.30. The molecular formula is C12H21N3O. The molecule has 0 spiro atoms. The van der Waals surface area contributed by atoms with Gasteiger partial charge in [0, 0.05) is 45.1 Å². The smallest absolute Gasteiger partial charge is 0.0586 e. The lowest BCUT2D eigenvalue weighted by atomic mass is 10.2. The lowest BCUT2D eigenvalue weighted by Gasteiger charge is -2.12. The molecule has 1 saturated carbocycles. The van der Waals surface area contributed by atoms with E-state index in [4.69, 9.17) is 4.74 Å². The molecule has 90 valence electrons. The molecule has 2 atom stereocenters. The SMILES string of the molecule is COC1CCC(NCCc2ccnn2C)C1. The quantitative estimate of drug-likeness (QED) is 0.813. The minimum atomic E-state index is 0.467. The molecule has 1 fully saturated rings. The molecule has 1 aromatic heterocycles. The van der Waals surface area contributed by atoms with Crippen molar-refractivity contribution in [3.05, 3.63) is 18.0 Å². The van der Waals surface area contributed by atoms with E-state index in [1.54, 1.807) is 0 Å². The van der Waals surface area contributed by atoms with Crippen molar-refractivity contribution in [3.8, 4) is 0 Å². The molecule has 2 unspecified atom stereocenters. The fraction of sp³-hybridized carbons (Fsp3) is 0.750. The van der Waals surface area contributed by atoms with E-state index in [0.717, 1.165) is 19.4 Å². The van der Waals surface area contributed by atoms with E-state index >= 15 is 0 Å². The molecular weight excluding hydrogens is 202 g/mol. The molecule has 4 heteroatoms. The maximum atomic E-state index is 5.36. The summed E-state index contributed by atoms with van der Waals surface area (Å²) in [6.45, 7) is 1.03. The second-order valence-corrected chi connectivity index (χ2v) is 4.52. The first-order valence-corrected chi connectivity index (χ1v) is 6.02. The van der Waals surface area contributed by atoms with Gasteiger partial charge in [-0.1, -0.05) is 0 Å². The third-order valence-corrected chi connectivity index (χ3v) is 3.45. The van der Waals surface area contributed by atoms with Crippen LogP contribution in [0.3, 0.4) is 0 Å². The van der Waals surface area contributed by atoms with E-state index in [1.165, 1.54) is 18.5 Å². The molecule has 1 aliphatic rings. The number of methoxy groups -OCH3 is 1. The summed E-state index contributed by atoms with van der Waals surface area (Å²) in [5.41, 5.74) is 1.29. The van der Waals surface area contributed by atoms with Crippen molar-refractivity contribution in [1.29, 1.82) is 0 Å². The Morgan fingerprint density at radius 2 is 2.44 bits per heavy atom. The predicted molar refractivity (Wildman–Crippen MR) is 63.4 cm³/mol. The molecule has 16 heavy (non-hydrogen) atoms. The molecule has 2 rings (SSSR count). The van der Waals surface area contributed by atoms with Crippen LogP contribution in [0.5, 0.6) is 0 Å². The molecule has 1 heterocycles. The normalized spacial score (nSPS) is 25.1. The molecule has 0 aliphatic heterocycles. The molecule has 0 radical (unpaired) electrons. The number of nitrogens with zero attached hydrogens (tertiary/aromatic N) is 2. The van der Waals surface area contributed by atoms with Gasteiger partial charge >= 0.3 is 0 Å². The summed E-state index contributed by atoms with van der Waals surface area (Å²) in [5.74, 6) is 0. The Hall–Kier alpha value is -0.870. The first kappa shape index (κ1) is 11.6. The first-order valence-electron chi connectivity index (χ1n) is 6.02. The minimum Gasteiger partial charge on any atom is -0.381 e. The minimum absolute atomic E-state index is 0.467. The van der Waals surface area contributed by atoms with Crippen LogP contribution < -0.4 is 5.32 Å². The number of ether oxygens (including phenoxy) is 1. The van der Waals surface area contributed by atoms with Crippen LogP contribution in [0, 0.1) is 0 Å². The molecule has 0 amide bonds. The maximum absolute atomic E-state index is 5.36. The number of nitrogens with one attached hydrogen (secondary N) is 1. The van der Waals surface area contributed by atoms with Gasteiger partial charge in [0.2, 0.25) is 0 Å². The third kappa shape index (κ3) is 2.83. The van der Waals surface area contributed by atoms with Crippen LogP contribution in [0.4, 0.5) is 0 Å². The van der Waals surface area contributed by atoms with Gasteiger partial charge in [0.25, 0.3) is 0 Å². The topological polar surface area (TPSA) is 39.1 Å². The van der Waals surface area contributed by atoms with Crippen molar-refractivity contribution in [2.45, 2.75) is 37.8 Å². The summed E-state index contributed by atoms with van der Waals surface area (Å²) in [7, 11) is 3.80. The van der Waals surface area contributed by atoms with Gasteiger partial charge in [-0.15, -0.1) is 0 Å². The number of hydrogen-bond acceptors (Lipinski definition) is 3.